The first kappa shape index (κ1) is 16.0. The average molecular weight is 345 g/mol. The van der Waals surface area contributed by atoms with E-state index in [1.807, 2.05) is 30.3 Å². The first-order valence-corrected chi connectivity index (χ1v) is 7.14. The summed E-state index contributed by atoms with van der Waals surface area (Å²) in [5.74, 6) is 1.82. The van der Waals surface area contributed by atoms with Gasteiger partial charge in [0.15, 0.2) is 11.6 Å². The number of hydrogen-bond donors (Lipinski definition) is 0. The van der Waals surface area contributed by atoms with Crippen molar-refractivity contribution in [3.05, 3.63) is 47.3 Å². The number of nitrogens with zero attached hydrogens (tertiary/aromatic N) is 3. The zero-order valence-electron chi connectivity index (χ0n) is 11.3. The van der Waals surface area contributed by atoms with E-state index in [4.69, 9.17) is 39.5 Å². The third-order valence-corrected chi connectivity index (χ3v) is 3.07. The Bertz CT molecular complexity index is 652. The first-order chi connectivity index (χ1) is 9.88. The number of benzene rings is 1. The Labute approximate surface area is 137 Å². The van der Waals surface area contributed by atoms with Gasteiger partial charge in [-0.3, -0.25) is 0 Å². The predicted molar refractivity (Wildman–Crippen MR) is 85.7 cm³/mol. The molecule has 0 radical (unpaired) electrons. The molecule has 2 rings (SSSR count). The molecule has 0 unspecified atom stereocenters. The Morgan fingerprint density at radius 1 is 1.00 bits per heavy atom. The van der Waals surface area contributed by atoms with Gasteiger partial charge < -0.3 is 4.74 Å². The molecule has 0 saturated carbocycles. The molecule has 0 atom stereocenters. The Balaban J connectivity index is 2.25. The number of aryl methyl sites for hydroxylation is 1. The van der Waals surface area contributed by atoms with Gasteiger partial charge in [0.2, 0.25) is 3.79 Å². The maximum Gasteiger partial charge on any atom is 0.250 e. The van der Waals surface area contributed by atoms with Gasteiger partial charge in [-0.25, -0.2) is 15.0 Å². The molecule has 0 spiro atoms. The van der Waals surface area contributed by atoms with Crippen molar-refractivity contribution >= 4 is 47.0 Å². The molecule has 0 fully saturated rings. The Kier molecular flexibility index (Phi) is 5.04. The van der Waals surface area contributed by atoms with Crippen molar-refractivity contribution < 1.29 is 4.74 Å². The highest BCUT2D eigenvalue weighted by molar-refractivity contribution is 6.66. The molecule has 0 saturated heterocycles. The second-order valence-electron chi connectivity index (χ2n) is 4.17. The summed E-state index contributed by atoms with van der Waals surface area (Å²) >= 11 is 17.4. The Morgan fingerprint density at radius 3 is 2.24 bits per heavy atom. The fourth-order valence-electron chi connectivity index (χ4n) is 1.59. The molecular formula is C14H12Cl3N3O. The van der Waals surface area contributed by atoms with Crippen molar-refractivity contribution in [3.63, 3.8) is 0 Å². The second-order valence-corrected chi connectivity index (χ2v) is 6.45. The highest BCUT2D eigenvalue weighted by Crippen LogP contribution is 2.35. The van der Waals surface area contributed by atoms with E-state index in [-0.39, 0.29) is 5.82 Å². The van der Waals surface area contributed by atoms with E-state index in [1.54, 1.807) is 20.1 Å². The Morgan fingerprint density at radius 2 is 1.67 bits per heavy atom. The van der Waals surface area contributed by atoms with Gasteiger partial charge in [0.05, 0.1) is 7.11 Å². The van der Waals surface area contributed by atoms with Gasteiger partial charge in [0.25, 0.3) is 0 Å². The van der Waals surface area contributed by atoms with Crippen LogP contribution < -0.4 is 4.74 Å². The number of halogens is 3. The third-order valence-electron chi connectivity index (χ3n) is 2.56. The summed E-state index contributed by atoms with van der Waals surface area (Å²) in [5, 5.41) is 0. The number of hydrogen-bond acceptors (Lipinski definition) is 4. The summed E-state index contributed by atoms with van der Waals surface area (Å²) < 4.78 is 3.43. The van der Waals surface area contributed by atoms with Crippen LogP contribution in [-0.2, 0) is 3.79 Å². The summed E-state index contributed by atoms with van der Waals surface area (Å²) in [7, 11) is 1.62. The van der Waals surface area contributed by atoms with Gasteiger partial charge in [0, 0.05) is 0 Å². The molecule has 1 aromatic heterocycles. The largest absolute Gasteiger partial charge is 0.497 e. The van der Waals surface area contributed by atoms with Gasteiger partial charge in [-0.05, 0) is 30.7 Å². The molecule has 0 amide bonds. The van der Waals surface area contributed by atoms with Crippen molar-refractivity contribution in [2.45, 2.75) is 10.7 Å². The minimum Gasteiger partial charge on any atom is -0.497 e. The van der Waals surface area contributed by atoms with Crippen molar-refractivity contribution in [2.75, 3.05) is 7.11 Å². The van der Waals surface area contributed by atoms with Crippen molar-refractivity contribution in [2.24, 2.45) is 0 Å². The zero-order valence-corrected chi connectivity index (χ0v) is 13.6. The lowest BCUT2D eigenvalue weighted by Crippen LogP contribution is -2.11. The van der Waals surface area contributed by atoms with Gasteiger partial charge in [0.1, 0.15) is 11.6 Å². The molecule has 0 aliphatic carbocycles. The lowest BCUT2D eigenvalue weighted by molar-refractivity contribution is 0.415. The minimum absolute atomic E-state index is 0.106. The molecule has 1 heterocycles. The first-order valence-electron chi connectivity index (χ1n) is 6.00. The molecule has 4 nitrogen and oxygen atoms in total. The van der Waals surface area contributed by atoms with E-state index in [0.29, 0.717) is 11.6 Å². The number of aromatic nitrogens is 3. The van der Waals surface area contributed by atoms with Gasteiger partial charge in [-0.2, -0.15) is 0 Å². The van der Waals surface area contributed by atoms with E-state index in [2.05, 4.69) is 15.0 Å². The van der Waals surface area contributed by atoms with E-state index in [0.717, 1.165) is 11.3 Å². The fraction of sp³-hybridized carbons (Fsp3) is 0.214. The standard InChI is InChI=1S/C14H12Cl3N3O/c1-9-18-12(20-13(19-9)14(15,16)17)8-5-10-3-6-11(21-2)7-4-10/h3-8H,1-2H3. The topological polar surface area (TPSA) is 47.9 Å². The summed E-state index contributed by atoms with van der Waals surface area (Å²) in [6.07, 6.45) is 3.59. The number of alkyl halides is 3. The number of ether oxygens (including phenoxy) is 1. The Hall–Kier alpha value is -1.36. The normalized spacial score (nSPS) is 11.9. The van der Waals surface area contributed by atoms with Crippen LogP contribution in [0.25, 0.3) is 12.2 Å². The van der Waals surface area contributed by atoms with E-state index in [9.17, 15) is 0 Å². The van der Waals surface area contributed by atoms with Crippen LogP contribution in [0.5, 0.6) is 5.75 Å². The van der Waals surface area contributed by atoms with Gasteiger partial charge in [-0.1, -0.05) is 53.0 Å². The lowest BCUT2D eigenvalue weighted by atomic mass is 10.2. The zero-order chi connectivity index (χ0) is 15.5. The molecule has 0 aliphatic heterocycles. The summed E-state index contributed by atoms with van der Waals surface area (Å²) in [6.45, 7) is 1.71. The molecule has 7 heteroatoms. The van der Waals surface area contributed by atoms with Gasteiger partial charge >= 0.3 is 0 Å². The van der Waals surface area contributed by atoms with Crippen molar-refractivity contribution in [1.82, 2.24) is 15.0 Å². The summed E-state index contributed by atoms with van der Waals surface area (Å²) in [5.41, 5.74) is 0.976. The van der Waals surface area contributed by atoms with Crippen LogP contribution >= 0.6 is 34.8 Å². The highest BCUT2D eigenvalue weighted by Gasteiger charge is 2.27. The van der Waals surface area contributed by atoms with Gasteiger partial charge in [-0.15, -0.1) is 0 Å². The SMILES string of the molecule is COc1ccc(C=Cc2nc(C)nc(C(Cl)(Cl)Cl)n2)cc1. The van der Waals surface area contributed by atoms with E-state index >= 15 is 0 Å². The molecule has 0 N–H and O–H groups in total. The minimum atomic E-state index is -1.67. The molecule has 110 valence electrons. The summed E-state index contributed by atoms with van der Waals surface area (Å²) in [6, 6.07) is 7.56. The van der Waals surface area contributed by atoms with Crippen LogP contribution in [0.4, 0.5) is 0 Å². The van der Waals surface area contributed by atoms with E-state index in [1.165, 1.54) is 0 Å². The number of rotatable bonds is 3. The second kappa shape index (κ2) is 6.60. The number of methoxy groups -OCH3 is 1. The van der Waals surface area contributed by atoms with E-state index < -0.39 is 3.79 Å². The maximum absolute atomic E-state index is 5.79. The molecule has 1 aromatic carbocycles. The molecule has 0 aliphatic rings. The van der Waals surface area contributed by atoms with Crippen LogP contribution in [0, 0.1) is 6.92 Å². The third kappa shape index (κ3) is 4.56. The van der Waals surface area contributed by atoms with Crippen LogP contribution in [0.15, 0.2) is 24.3 Å². The highest BCUT2D eigenvalue weighted by atomic mass is 35.6. The van der Waals surface area contributed by atoms with Crippen LogP contribution in [0.2, 0.25) is 0 Å². The van der Waals surface area contributed by atoms with Crippen LogP contribution in [0.1, 0.15) is 23.0 Å². The summed E-state index contributed by atoms with van der Waals surface area (Å²) in [4.78, 5) is 12.3. The van der Waals surface area contributed by atoms with Crippen LogP contribution in [-0.4, -0.2) is 22.1 Å². The lowest BCUT2D eigenvalue weighted by Gasteiger charge is -2.09. The van der Waals surface area contributed by atoms with Crippen molar-refractivity contribution in [3.8, 4) is 5.75 Å². The molecule has 2 aromatic rings. The maximum atomic E-state index is 5.79. The molecular weight excluding hydrogens is 333 g/mol. The molecule has 21 heavy (non-hydrogen) atoms. The predicted octanol–water partition coefficient (Wildman–Crippen LogP) is 4.19. The smallest absolute Gasteiger partial charge is 0.250 e. The van der Waals surface area contributed by atoms with Crippen molar-refractivity contribution in [1.29, 1.82) is 0 Å². The molecule has 0 bridgehead atoms. The monoisotopic (exact) mass is 343 g/mol. The average Bonchev–Trinajstić information content (AvgIpc) is 2.44. The quantitative estimate of drug-likeness (QED) is 0.784. The fourth-order valence-corrected chi connectivity index (χ4v) is 1.84. The van der Waals surface area contributed by atoms with Crippen LogP contribution in [0.3, 0.4) is 0 Å².